The van der Waals surface area contributed by atoms with Gasteiger partial charge in [0.25, 0.3) is 0 Å². The van der Waals surface area contributed by atoms with E-state index >= 15 is 0 Å². The van der Waals surface area contributed by atoms with E-state index in [1.807, 2.05) is 0 Å². The minimum absolute atomic E-state index is 1.31. The van der Waals surface area contributed by atoms with Crippen molar-refractivity contribution in [1.29, 1.82) is 0 Å². The van der Waals surface area contributed by atoms with E-state index in [0.29, 0.717) is 0 Å². The van der Waals surface area contributed by atoms with Crippen LogP contribution in [-0.2, 0) is 6.16 Å². The molecule has 1 aromatic carbocycles. The summed E-state index contributed by atoms with van der Waals surface area (Å²) in [5, 5.41) is 0. The normalized spacial score (nSPS) is 12.2. The van der Waals surface area contributed by atoms with Gasteiger partial charge in [0.05, 0.1) is 0 Å². The van der Waals surface area contributed by atoms with Crippen LogP contribution in [0.1, 0.15) is 96.5 Å². The average Bonchev–Trinajstić information content (AvgIpc) is 2.68. The van der Waals surface area contributed by atoms with Crippen molar-refractivity contribution in [3.05, 3.63) is 48.3 Å². The molecule has 0 spiro atoms. The number of benzene rings is 1. The molecule has 0 nitrogen and oxygen atoms in total. The standard InChI is InChI=1S/C25H45P/c1-4-7-9-11-13-18-22-26(6-3,23-19-14-12-10-8-5-2)24-25-20-16-15-17-21-25/h6,15-17,20-21,26H,3-5,7-14,18-19,22-24H2,1-2H3. The molecule has 150 valence electrons. The minimum atomic E-state index is -1.38. The summed E-state index contributed by atoms with van der Waals surface area (Å²) in [5.74, 6) is 2.44. The Kier molecular flexibility index (Phi) is 13.9. The first-order chi connectivity index (χ1) is 12.8. The average molecular weight is 377 g/mol. The van der Waals surface area contributed by atoms with Crippen LogP contribution in [-0.4, -0.2) is 12.3 Å². The molecule has 0 bridgehead atoms. The van der Waals surface area contributed by atoms with Gasteiger partial charge in [0, 0.05) is 0 Å². The molecule has 0 heterocycles. The van der Waals surface area contributed by atoms with Gasteiger partial charge in [0.1, 0.15) is 0 Å². The van der Waals surface area contributed by atoms with Crippen molar-refractivity contribution < 1.29 is 0 Å². The van der Waals surface area contributed by atoms with Crippen LogP contribution < -0.4 is 0 Å². The molecule has 1 aromatic rings. The van der Waals surface area contributed by atoms with Crippen molar-refractivity contribution in [3.63, 3.8) is 0 Å². The molecule has 0 N–H and O–H groups in total. The van der Waals surface area contributed by atoms with Gasteiger partial charge in [0.15, 0.2) is 0 Å². The molecule has 0 aliphatic rings. The van der Waals surface area contributed by atoms with Gasteiger partial charge in [-0.05, 0) is 0 Å². The Morgan fingerprint density at radius 3 is 1.62 bits per heavy atom. The van der Waals surface area contributed by atoms with Crippen molar-refractivity contribution >= 4 is 7.26 Å². The molecular weight excluding hydrogens is 331 g/mol. The quantitative estimate of drug-likeness (QED) is 0.188. The Morgan fingerprint density at radius 2 is 1.15 bits per heavy atom. The Bertz CT molecular complexity index is 421. The summed E-state index contributed by atoms with van der Waals surface area (Å²) in [4.78, 5) is 0. The SMILES string of the molecule is C=C[PH](CCCCCCCC)(CCCCCCCC)Cc1ccccc1. The third-order valence-electron chi connectivity index (χ3n) is 5.89. The van der Waals surface area contributed by atoms with Crippen LogP contribution in [0.5, 0.6) is 0 Å². The number of hydrogen-bond acceptors (Lipinski definition) is 0. The molecule has 1 rings (SSSR count). The predicted octanol–water partition coefficient (Wildman–Crippen LogP) is 8.80. The molecule has 0 radical (unpaired) electrons. The third-order valence-corrected chi connectivity index (χ3v) is 10.6. The summed E-state index contributed by atoms with van der Waals surface area (Å²) in [7, 11) is -1.38. The molecule has 0 aliphatic carbocycles. The predicted molar refractivity (Wildman–Crippen MR) is 125 cm³/mol. The molecular formula is C25H45P. The first-order valence-corrected chi connectivity index (χ1v) is 14.1. The van der Waals surface area contributed by atoms with E-state index in [1.165, 1.54) is 101 Å². The molecule has 0 atom stereocenters. The van der Waals surface area contributed by atoms with Crippen LogP contribution in [0.4, 0.5) is 0 Å². The molecule has 0 amide bonds. The van der Waals surface area contributed by atoms with Crippen LogP contribution in [0.25, 0.3) is 0 Å². The fraction of sp³-hybridized carbons (Fsp3) is 0.680. The Labute approximate surface area is 165 Å². The molecule has 0 unspecified atom stereocenters. The van der Waals surface area contributed by atoms with Crippen molar-refractivity contribution in [1.82, 2.24) is 0 Å². The zero-order valence-corrected chi connectivity index (χ0v) is 18.8. The van der Waals surface area contributed by atoms with Crippen LogP contribution in [0.2, 0.25) is 0 Å². The van der Waals surface area contributed by atoms with Crippen molar-refractivity contribution in [3.8, 4) is 0 Å². The van der Waals surface area contributed by atoms with E-state index in [2.05, 4.69) is 56.6 Å². The van der Waals surface area contributed by atoms with E-state index in [9.17, 15) is 0 Å². The first-order valence-electron chi connectivity index (χ1n) is 11.4. The molecule has 0 aliphatic heterocycles. The van der Waals surface area contributed by atoms with Crippen LogP contribution in [0.15, 0.2) is 42.7 Å². The van der Waals surface area contributed by atoms with E-state index in [0.717, 1.165) is 0 Å². The Balaban J connectivity index is 2.52. The zero-order valence-electron chi connectivity index (χ0n) is 17.8. The van der Waals surface area contributed by atoms with Gasteiger partial charge >= 0.3 is 165 Å². The maximum atomic E-state index is 4.35. The number of hydrogen-bond donors (Lipinski definition) is 0. The fourth-order valence-corrected chi connectivity index (χ4v) is 8.21. The second-order valence-electron chi connectivity index (χ2n) is 8.26. The third kappa shape index (κ3) is 10.5. The van der Waals surface area contributed by atoms with E-state index < -0.39 is 7.26 Å². The van der Waals surface area contributed by atoms with Gasteiger partial charge in [-0.25, -0.2) is 0 Å². The monoisotopic (exact) mass is 376 g/mol. The summed E-state index contributed by atoms with van der Waals surface area (Å²) in [6, 6.07) is 11.2. The molecule has 1 heteroatoms. The summed E-state index contributed by atoms with van der Waals surface area (Å²) in [6.45, 7) is 8.95. The van der Waals surface area contributed by atoms with Crippen molar-refractivity contribution in [2.45, 2.75) is 97.1 Å². The number of rotatable bonds is 17. The molecule has 0 saturated heterocycles. The summed E-state index contributed by atoms with van der Waals surface area (Å²) in [5.41, 5.74) is 1.54. The molecule has 26 heavy (non-hydrogen) atoms. The summed E-state index contributed by atoms with van der Waals surface area (Å²) < 4.78 is 0. The second kappa shape index (κ2) is 15.4. The van der Waals surface area contributed by atoms with E-state index in [1.54, 1.807) is 0 Å². The Hall–Kier alpha value is -0.610. The van der Waals surface area contributed by atoms with Gasteiger partial charge in [-0.2, -0.15) is 0 Å². The first kappa shape index (κ1) is 23.4. The maximum absolute atomic E-state index is 4.35. The van der Waals surface area contributed by atoms with Gasteiger partial charge in [-0.3, -0.25) is 0 Å². The molecule has 0 saturated carbocycles. The van der Waals surface area contributed by atoms with Gasteiger partial charge in [-0.15, -0.1) is 0 Å². The van der Waals surface area contributed by atoms with Crippen LogP contribution in [0, 0.1) is 0 Å². The zero-order chi connectivity index (χ0) is 18.9. The molecule has 0 aromatic heterocycles. The summed E-state index contributed by atoms with van der Waals surface area (Å²) >= 11 is 0. The van der Waals surface area contributed by atoms with E-state index in [4.69, 9.17) is 0 Å². The van der Waals surface area contributed by atoms with E-state index in [-0.39, 0.29) is 0 Å². The topological polar surface area (TPSA) is 0 Å². The van der Waals surface area contributed by atoms with Crippen LogP contribution in [0.3, 0.4) is 0 Å². The van der Waals surface area contributed by atoms with Gasteiger partial charge < -0.3 is 0 Å². The summed E-state index contributed by atoms with van der Waals surface area (Å²) in [6.07, 6.45) is 21.1. The second-order valence-corrected chi connectivity index (χ2v) is 12.8. The van der Waals surface area contributed by atoms with Crippen molar-refractivity contribution in [2.75, 3.05) is 12.3 Å². The van der Waals surface area contributed by atoms with Gasteiger partial charge in [-0.1, -0.05) is 0 Å². The van der Waals surface area contributed by atoms with Crippen molar-refractivity contribution in [2.24, 2.45) is 0 Å². The fourth-order valence-electron chi connectivity index (χ4n) is 4.10. The van der Waals surface area contributed by atoms with Crippen LogP contribution >= 0.6 is 7.26 Å². The molecule has 0 fully saturated rings. The Morgan fingerprint density at radius 1 is 0.692 bits per heavy atom. The number of unbranched alkanes of at least 4 members (excludes halogenated alkanes) is 10. The van der Waals surface area contributed by atoms with Gasteiger partial charge in [0.2, 0.25) is 0 Å².